The average molecular weight is 236 g/mol. The van der Waals surface area contributed by atoms with Crippen LogP contribution in [0.25, 0.3) is 0 Å². The zero-order chi connectivity index (χ0) is 12.8. The molecule has 17 heavy (non-hydrogen) atoms. The number of hydrogen-bond donors (Lipinski definition) is 3. The summed E-state index contributed by atoms with van der Waals surface area (Å²) in [5.74, 6) is 0.734. The van der Waals surface area contributed by atoms with Crippen molar-refractivity contribution >= 4 is 17.4 Å². The molecule has 5 heteroatoms. The van der Waals surface area contributed by atoms with E-state index in [2.05, 4.69) is 15.6 Å². The Kier molecular flexibility index (Phi) is 4.75. The van der Waals surface area contributed by atoms with E-state index in [9.17, 15) is 4.79 Å². The van der Waals surface area contributed by atoms with E-state index in [1.165, 1.54) is 0 Å². The Morgan fingerprint density at radius 2 is 2.24 bits per heavy atom. The van der Waals surface area contributed by atoms with Crippen LogP contribution in [0.3, 0.4) is 0 Å². The van der Waals surface area contributed by atoms with Gasteiger partial charge in [0.25, 0.3) is 0 Å². The normalized spacial score (nSPS) is 10.4. The van der Waals surface area contributed by atoms with Gasteiger partial charge in [0.1, 0.15) is 5.82 Å². The van der Waals surface area contributed by atoms with E-state index in [1.807, 2.05) is 20.8 Å². The number of aryl methyl sites for hydroxylation is 1. The number of aromatic nitrogens is 1. The first kappa shape index (κ1) is 13.3. The van der Waals surface area contributed by atoms with E-state index >= 15 is 0 Å². The Morgan fingerprint density at radius 1 is 1.53 bits per heavy atom. The second kappa shape index (κ2) is 6.08. The Bertz CT molecular complexity index is 390. The predicted molar refractivity (Wildman–Crippen MR) is 69.8 cm³/mol. The van der Waals surface area contributed by atoms with E-state index in [0.29, 0.717) is 24.5 Å². The van der Waals surface area contributed by atoms with E-state index in [1.54, 1.807) is 12.3 Å². The molecule has 0 atom stereocenters. The topological polar surface area (TPSA) is 80.0 Å². The van der Waals surface area contributed by atoms with E-state index < -0.39 is 0 Å². The van der Waals surface area contributed by atoms with Gasteiger partial charge in [0.05, 0.1) is 0 Å². The molecule has 0 aromatic carbocycles. The summed E-state index contributed by atoms with van der Waals surface area (Å²) in [5, 5.41) is 5.89. The van der Waals surface area contributed by atoms with Crippen molar-refractivity contribution in [1.29, 1.82) is 0 Å². The fourth-order valence-electron chi connectivity index (χ4n) is 1.33. The van der Waals surface area contributed by atoms with Crippen LogP contribution in [0.2, 0.25) is 0 Å². The zero-order valence-electron chi connectivity index (χ0n) is 10.6. The number of carbonyl (C=O) groups is 1. The lowest BCUT2D eigenvalue weighted by atomic mass is 10.2. The largest absolute Gasteiger partial charge is 0.398 e. The van der Waals surface area contributed by atoms with Crippen molar-refractivity contribution in [3.63, 3.8) is 0 Å². The van der Waals surface area contributed by atoms with Gasteiger partial charge in [-0.3, -0.25) is 4.79 Å². The molecule has 0 bridgehead atoms. The fraction of sp³-hybridized carbons (Fsp3) is 0.500. The first-order valence-electron chi connectivity index (χ1n) is 5.74. The SMILES string of the molecule is Cc1cnc(NCCC(=O)NC(C)C)cc1N. The van der Waals surface area contributed by atoms with Crippen LogP contribution in [0.4, 0.5) is 11.5 Å². The molecule has 1 aromatic rings. The second-order valence-corrected chi connectivity index (χ2v) is 4.33. The maximum atomic E-state index is 11.4. The quantitative estimate of drug-likeness (QED) is 0.720. The Hall–Kier alpha value is -1.78. The minimum Gasteiger partial charge on any atom is -0.398 e. The van der Waals surface area contributed by atoms with Gasteiger partial charge in [-0.05, 0) is 26.3 Å². The highest BCUT2D eigenvalue weighted by atomic mass is 16.1. The number of amides is 1. The molecule has 0 unspecified atom stereocenters. The number of anilines is 2. The van der Waals surface area contributed by atoms with E-state index in [0.717, 1.165) is 5.56 Å². The first-order chi connectivity index (χ1) is 7.99. The zero-order valence-corrected chi connectivity index (χ0v) is 10.6. The third-order valence-electron chi connectivity index (χ3n) is 2.25. The minimum absolute atomic E-state index is 0.0348. The molecule has 1 rings (SSSR count). The average Bonchev–Trinajstić information content (AvgIpc) is 2.22. The van der Waals surface area contributed by atoms with Crippen LogP contribution in [0.1, 0.15) is 25.8 Å². The molecule has 0 fully saturated rings. The van der Waals surface area contributed by atoms with Crippen LogP contribution in [-0.2, 0) is 4.79 Å². The number of nitrogens with one attached hydrogen (secondary N) is 2. The van der Waals surface area contributed by atoms with Gasteiger partial charge < -0.3 is 16.4 Å². The Morgan fingerprint density at radius 3 is 2.82 bits per heavy atom. The van der Waals surface area contributed by atoms with Crippen LogP contribution in [0, 0.1) is 6.92 Å². The van der Waals surface area contributed by atoms with Gasteiger partial charge in [-0.1, -0.05) is 0 Å². The van der Waals surface area contributed by atoms with Crippen molar-refractivity contribution in [2.45, 2.75) is 33.2 Å². The van der Waals surface area contributed by atoms with Crippen LogP contribution in [-0.4, -0.2) is 23.5 Å². The van der Waals surface area contributed by atoms with Crippen LogP contribution in [0.5, 0.6) is 0 Å². The highest BCUT2D eigenvalue weighted by molar-refractivity contribution is 5.76. The van der Waals surface area contributed by atoms with Crippen molar-refractivity contribution < 1.29 is 4.79 Å². The van der Waals surface area contributed by atoms with Gasteiger partial charge in [-0.15, -0.1) is 0 Å². The van der Waals surface area contributed by atoms with Crippen molar-refractivity contribution in [2.75, 3.05) is 17.6 Å². The lowest BCUT2D eigenvalue weighted by Gasteiger charge is -2.09. The molecule has 0 saturated carbocycles. The predicted octanol–water partition coefficient (Wildman–Crippen LogP) is 1.30. The van der Waals surface area contributed by atoms with Crippen molar-refractivity contribution in [3.05, 3.63) is 17.8 Å². The molecule has 0 aliphatic rings. The summed E-state index contributed by atoms with van der Waals surface area (Å²) in [6, 6.07) is 1.95. The Balaban J connectivity index is 2.36. The smallest absolute Gasteiger partial charge is 0.221 e. The molecule has 0 aliphatic heterocycles. The standard InChI is InChI=1S/C12H20N4O/c1-8(2)16-12(17)4-5-14-11-6-10(13)9(3)7-15-11/h6-8H,4-5H2,1-3H3,(H,16,17)(H3,13,14,15). The fourth-order valence-corrected chi connectivity index (χ4v) is 1.33. The molecular formula is C12H20N4O. The van der Waals surface area contributed by atoms with Crippen molar-refractivity contribution in [2.24, 2.45) is 0 Å². The molecule has 1 amide bonds. The molecule has 0 saturated heterocycles. The number of nitrogen functional groups attached to an aromatic ring is 1. The highest BCUT2D eigenvalue weighted by Crippen LogP contribution is 2.13. The first-order valence-corrected chi connectivity index (χ1v) is 5.74. The summed E-state index contributed by atoms with van der Waals surface area (Å²) in [6.45, 7) is 6.33. The third-order valence-corrected chi connectivity index (χ3v) is 2.25. The highest BCUT2D eigenvalue weighted by Gasteiger charge is 2.03. The third kappa shape index (κ3) is 4.72. The second-order valence-electron chi connectivity index (χ2n) is 4.33. The summed E-state index contributed by atoms with van der Waals surface area (Å²) in [6.07, 6.45) is 2.14. The van der Waals surface area contributed by atoms with E-state index in [4.69, 9.17) is 5.73 Å². The molecule has 94 valence electrons. The molecule has 4 N–H and O–H groups in total. The summed E-state index contributed by atoms with van der Waals surface area (Å²) in [5.41, 5.74) is 7.41. The summed E-state index contributed by atoms with van der Waals surface area (Å²) in [7, 11) is 0. The molecule has 0 radical (unpaired) electrons. The maximum Gasteiger partial charge on any atom is 0.221 e. The van der Waals surface area contributed by atoms with Gasteiger partial charge in [-0.2, -0.15) is 0 Å². The summed E-state index contributed by atoms with van der Waals surface area (Å²) in [4.78, 5) is 15.5. The van der Waals surface area contributed by atoms with Gasteiger partial charge in [0.15, 0.2) is 0 Å². The molecule has 0 aliphatic carbocycles. The maximum absolute atomic E-state index is 11.4. The van der Waals surface area contributed by atoms with Gasteiger partial charge in [-0.25, -0.2) is 4.98 Å². The number of rotatable bonds is 5. The van der Waals surface area contributed by atoms with Crippen LogP contribution >= 0.6 is 0 Å². The van der Waals surface area contributed by atoms with Gasteiger partial charge >= 0.3 is 0 Å². The van der Waals surface area contributed by atoms with Crippen molar-refractivity contribution in [3.8, 4) is 0 Å². The van der Waals surface area contributed by atoms with Crippen molar-refractivity contribution in [1.82, 2.24) is 10.3 Å². The molecule has 1 heterocycles. The van der Waals surface area contributed by atoms with Crippen LogP contribution < -0.4 is 16.4 Å². The van der Waals surface area contributed by atoms with Crippen LogP contribution in [0.15, 0.2) is 12.3 Å². The summed E-state index contributed by atoms with van der Waals surface area (Å²) >= 11 is 0. The molecular weight excluding hydrogens is 216 g/mol. The number of nitrogens with two attached hydrogens (primary N) is 1. The Labute approximate surface area is 102 Å². The molecule has 1 aromatic heterocycles. The monoisotopic (exact) mass is 236 g/mol. The molecule has 0 spiro atoms. The molecule has 5 nitrogen and oxygen atoms in total. The minimum atomic E-state index is 0.0348. The lowest BCUT2D eigenvalue weighted by molar-refractivity contribution is -0.121. The number of pyridine rings is 1. The number of carbonyl (C=O) groups excluding carboxylic acids is 1. The summed E-state index contributed by atoms with van der Waals surface area (Å²) < 4.78 is 0. The number of hydrogen-bond acceptors (Lipinski definition) is 4. The van der Waals surface area contributed by atoms with E-state index in [-0.39, 0.29) is 11.9 Å². The number of nitrogens with zero attached hydrogens (tertiary/aromatic N) is 1. The van der Waals surface area contributed by atoms with Gasteiger partial charge in [0.2, 0.25) is 5.91 Å². The van der Waals surface area contributed by atoms with Gasteiger partial charge in [0, 0.05) is 37.0 Å². The lowest BCUT2D eigenvalue weighted by Crippen LogP contribution is -2.31.